The molecule has 0 aliphatic rings. The van der Waals surface area contributed by atoms with Gasteiger partial charge in [-0.15, -0.1) is 28.1 Å². The molecule has 0 atom stereocenters. The molecule has 2 heterocycles. The van der Waals surface area contributed by atoms with Crippen molar-refractivity contribution in [3.8, 4) is 16.3 Å². The van der Waals surface area contributed by atoms with Crippen LogP contribution in [-0.4, -0.2) is 19.7 Å². The highest BCUT2D eigenvalue weighted by Gasteiger charge is 2.14. The first-order valence-corrected chi connectivity index (χ1v) is 11.9. The minimum Gasteiger partial charge on any atom is -0.485 e. The van der Waals surface area contributed by atoms with Crippen LogP contribution in [-0.2, 0) is 18.9 Å². The van der Waals surface area contributed by atoms with E-state index in [4.69, 9.17) is 21.3 Å². The molecule has 158 valence electrons. The lowest BCUT2D eigenvalue weighted by Crippen LogP contribution is -2.08. The van der Waals surface area contributed by atoms with Crippen molar-refractivity contribution < 1.29 is 4.74 Å². The van der Waals surface area contributed by atoms with Gasteiger partial charge in [-0.25, -0.2) is 4.98 Å². The van der Waals surface area contributed by atoms with Gasteiger partial charge in [0.15, 0.2) is 11.0 Å². The summed E-state index contributed by atoms with van der Waals surface area (Å²) in [7, 11) is 0. The Morgan fingerprint density at radius 1 is 1.16 bits per heavy atom. The van der Waals surface area contributed by atoms with E-state index in [-0.39, 0.29) is 0 Å². The van der Waals surface area contributed by atoms with Gasteiger partial charge in [0.05, 0.1) is 10.7 Å². The van der Waals surface area contributed by atoms with Gasteiger partial charge in [0.2, 0.25) is 0 Å². The highest BCUT2D eigenvalue weighted by molar-refractivity contribution is 7.98. The number of allylic oxidation sites excluding steroid dienone is 1. The van der Waals surface area contributed by atoms with Crippen LogP contribution in [0.1, 0.15) is 17.1 Å². The first kappa shape index (κ1) is 21.6. The number of hydrogen-bond donors (Lipinski definition) is 0. The standard InChI is InChI=1S/C23H21ClN4OS2/c1-3-12-28-21(13-29-20-11-7-4-8-16(20)2)26-27-23(28)31-15-17-14-30-22(25-17)18-9-5-6-10-19(18)24/h3-11,14H,1,12-13,15H2,2H3. The Bertz CT molecular complexity index is 1190. The van der Waals surface area contributed by atoms with Crippen molar-refractivity contribution in [3.05, 3.63) is 88.7 Å². The zero-order chi connectivity index (χ0) is 21.6. The number of benzene rings is 2. The van der Waals surface area contributed by atoms with Gasteiger partial charge in [-0.05, 0) is 24.6 Å². The number of hydrogen-bond acceptors (Lipinski definition) is 6. The van der Waals surface area contributed by atoms with Crippen LogP contribution in [0.15, 0.2) is 71.7 Å². The number of aryl methyl sites for hydroxylation is 1. The van der Waals surface area contributed by atoms with E-state index in [1.807, 2.05) is 66.1 Å². The van der Waals surface area contributed by atoms with Crippen molar-refractivity contribution in [2.75, 3.05) is 0 Å². The van der Waals surface area contributed by atoms with Crippen LogP contribution in [0.5, 0.6) is 5.75 Å². The quantitative estimate of drug-likeness (QED) is 0.209. The lowest BCUT2D eigenvalue weighted by atomic mass is 10.2. The number of para-hydroxylation sites is 1. The third kappa shape index (κ3) is 5.18. The van der Waals surface area contributed by atoms with Crippen molar-refractivity contribution in [1.82, 2.24) is 19.7 Å². The molecule has 0 fully saturated rings. The van der Waals surface area contributed by atoms with Crippen LogP contribution >= 0.6 is 34.7 Å². The van der Waals surface area contributed by atoms with Crippen molar-refractivity contribution >= 4 is 34.7 Å². The molecular formula is C23H21ClN4OS2. The van der Waals surface area contributed by atoms with Crippen molar-refractivity contribution in [1.29, 1.82) is 0 Å². The summed E-state index contributed by atoms with van der Waals surface area (Å²) in [6.07, 6.45) is 1.84. The molecule has 0 aliphatic heterocycles. The fourth-order valence-corrected chi connectivity index (χ4v) is 5.08. The molecule has 0 radical (unpaired) electrons. The average molecular weight is 469 g/mol. The van der Waals surface area contributed by atoms with E-state index >= 15 is 0 Å². The summed E-state index contributed by atoms with van der Waals surface area (Å²) < 4.78 is 7.98. The monoisotopic (exact) mass is 468 g/mol. The summed E-state index contributed by atoms with van der Waals surface area (Å²) in [5.41, 5.74) is 3.02. The van der Waals surface area contributed by atoms with Crippen molar-refractivity contribution in [2.24, 2.45) is 0 Å². The summed E-state index contributed by atoms with van der Waals surface area (Å²) in [5, 5.41) is 13.2. The Hall–Kier alpha value is -2.61. The highest BCUT2D eigenvalue weighted by atomic mass is 35.5. The lowest BCUT2D eigenvalue weighted by molar-refractivity contribution is 0.287. The van der Waals surface area contributed by atoms with Crippen LogP contribution in [0.4, 0.5) is 0 Å². The van der Waals surface area contributed by atoms with Crippen LogP contribution < -0.4 is 4.74 Å². The van der Waals surface area contributed by atoms with Crippen molar-refractivity contribution in [2.45, 2.75) is 31.0 Å². The molecule has 0 bridgehead atoms. The number of nitrogens with zero attached hydrogens (tertiary/aromatic N) is 4. The summed E-state index contributed by atoms with van der Waals surface area (Å²) in [5.74, 6) is 2.30. The molecule has 8 heteroatoms. The molecule has 0 aliphatic carbocycles. The topological polar surface area (TPSA) is 52.8 Å². The van der Waals surface area contributed by atoms with E-state index < -0.39 is 0 Å². The first-order chi connectivity index (χ1) is 15.2. The highest BCUT2D eigenvalue weighted by Crippen LogP contribution is 2.32. The van der Waals surface area contributed by atoms with Gasteiger partial charge in [-0.2, -0.15) is 0 Å². The van der Waals surface area contributed by atoms with Crippen LogP contribution in [0.2, 0.25) is 5.02 Å². The van der Waals surface area contributed by atoms with E-state index in [9.17, 15) is 0 Å². The van der Waals surface area contributed by atoms with Crippen LogP contribution in [0, 0.1) is 6.92 Å². The molecule has 0 N–H and O–H groups in total. The van der Waals surface area contributed by atoms with Crippen molar-refractivity contribution in [3.63, 3.8) is 0 Å². The average Bonchev–Trinajstić information content (AvgIpc) is 3.39. The molecule has 0 spiro atoms. The number of thiazole rings is 1. The van der Waals surface area contributed by atoms with Gasteiger partial charge in [0.25, 0.3) is 0 Å². The molecule has 2 aromatic heterocycles. The van der Waals surface area contributed by atoms with Crippen LogP contribution in [0.25, 0.3) is 10.6 Å². The van der Waals surface area contributed by atoms with E-state index in [1.165, 1.54) is 0 Å². The molecule has 2 aromatic carbocycles. The zero-order valence-electron chi connectivity index (χ0n) is 17.0. The summed E-state index contributed by atoms with van der Waals surface area (Å²) in [4.78, 5) is 4.74. The molecule has 0 amide bonds. The Morgan fingerprint density at radius 2 is 1.97 bits per heavy atom. The fraction of sp³-hybridized carbons (Fsp3) is 0.174. The normalized spacial score (nSPS) is 10.9. The maximum absolute atomic E-state index is 6.30. The van der Waals surface area contributed by atoms with Gasteiger partial charge in [0.1, 0.15) is 17.4 Å². The van der Waals surface area contributed by atoms with Gasteiger partial charge < -0.3 is 4.74 Å². The molecule has 0 saturated carbocycles. The van der Waals surface area contributed by atoms with Gasteiger partial charge >= 0.3 is 0 Å². The number of aromatic nitrogens is 4. The van der Waals surface area contributed by atoms with Gasteiger partial charge in [-0.3, -0.25) is 4.57 Å². The fourth-order valence-electron chi connectivity index (χ4n) is 2.98. The molecule has 0 unspecified atom stereocenters. The second-order valence-electron chi connectivity index (χ2n) is 6.76. The largest absolute Gasteiger partial charge is 0.485 e. The number of halogens is 1. The molecule has 4 aromatic rings. The van der Waals surface area contributed by atoms with E-state index in [0.717, 1.165) is 38.6 Å². The first-order valence-electron chi connectivity index (χ1n) is 9.69. The smallest absolute Gasteiger partial charge is 0.191 e. The predicted molar refractivity (Wildman–Crippen MR) is 128 cm³/mol. The SMILES string of the molecule is C=CCn1c(COc2ccccc2C)nnc1SCc1csc(-c2ccccc2Cl)n1. The number of ether oxygens (including phenoxy) is 1. The third-order valence-corrected chi connectivity index (χ3v) is 6.81. The summed E-state index contributed by atoms with van der Waals surface area (Å²) in [6, 6.07) is 15.7. The zero-order valence-corrected chi connectivity index (χ0v) is 19.4. The predicted octanol–water partition coefficient (Wildman–Crippen LogP) is 6.42. The minimum atomic E-state index is 0.347. The lowest BCUT2D eigenvalue weighted by Gasteiger charge is -2.10. The summed E-state index contributed by atoms with van der Waals surface area (Å²) in [6.45, 7) is 6.85. The third-order valence-electron chi connectivity index (χ3n) is 4.56. The van der Waals surface area contributed by atoms with E-state index in [0.29, 0.717) is 23.9 Å². The molecule has 0 saturated heterocycles. The van der Waals surface area contributed by atoms with Gasteiger partial charge in [0, 0.05) is 23.2 Å². The number of thioether (sulfide) groups is 1. The second kappa shape index (κ2) is 10.1. The molecule has 31 heavy (non-hydrogen) atoms. The van der Waals surface area contributed by atoms with Gasteiger partial charge in [-0.1, -0.05) is 65.8 Å². The van der Waals surface area contributed by atoms with E-state index in [2.05, 4.69) is 22.2 Å². The summed E-state index contributed by atoms with van der Waals surface area (Å²) >= 11 is 9.49. The number of rotatable bonds is 9. The van der Waals surface area contributed by atoms with Crippen LogP contribution in [0.3, 0.4) is 0 Å². The molecule has 4 rings (SSSR count). The Balaban J connectivity index is 1.45. The maximum atomic E-state index is 6.30. The Labute approximate surface area is 194 Å². The second-order valence-corrected chi connectivity index (χ2v) is 8.97. The van der Waals surface area contributed by atoms with E-state index in [1.54, 1.807) is 23.1 Å². The Kier molecular flexibility index (Phi) is 7.06. The molecular weight excluding hydrogens is 448 g/mol. The maximum Gasteiger partial charge on any atom is 0.191 e. The minimum absolute atomic E-state index is 0.347. The molecule has 5 nitrogen and oxygen atoms in total. The Morgan fingerprint density at radius 3 is 2.77 bits per heavy atom.